The van der Waals surface area contributed by atoms with E-state index in [1.807, 2.05) is 24.1 Å². The van der Waals surface area contributed by atoms with Crippen molar-refractivity contribution in [2.75, 3.05) is 25.5 Å². The molecule has 0 bridgehead atoms. The first-order valence-electron chi connectivity index (χ1n) is 11.2. The predicted molar refractivity (Wildman–Crippen MR) is 118 cm³/mol. The average Bonchev–Trinajstić information content (AvgIpc) is 3.55. The topological polar surface area (TPSA) is 83.1 Å². The van der Waals surface area contributed by atoms with Crippen molar-refractivity contribution in [2.45, 2.75) is 37.6 Å². The first-order chi connectivity index (χ1) is 15.2. The zero-order chi connectivity index (χ0) is 20.9. The highest BCUT2D eigenvalue weighted by molar-refractivity contribution is 5.88. The molecule has 3 unspecified atom stereocenters. The highest BCUT2D eigenvalue weighted by Crippen LogP contribution is 2.45. The molecule has 0 spiro atoms. The number of aromatic nitrogens is 3. The molecule has 31 heavy (non-hydrogen) atoms. The van der Waals surface area contributed by atoms with E-state index in [1.165, 1.54) is 18.5 Å². The number of likely N-dealkylation sites (tertiary alicyclic amines) is 1. The number of fused-ring (bicyclic) bond motifs is 2. The minimum atomic E-state index is 0.0310. The van der Waals surface area contributed by atoms with Gasteiger partial charge in [-0.1, -0.05) is 18.2 Å². The fourth-order valence-electron chi connectivity index (χ4n) is 5.14. The zero-order valence-electron chi connectivity index (χ0n) is 17.7. The Balaban J connectivity index is 1.37. The van der Waals surface area contributed by atoms with Crippen molar-refractivity contribution in [1.82, 2.24) is 19.9 Å². The zero-order valence-corrected chi connectivity index (χ0v) is 17.7. The van der Waals surface area contributed by atoms with Crippen molar-refractivity contribution in [1.29, 1.82) is 0 Å². The Morgan fingerprint density at radius 2 is 2.06 bits per heavy atom. The first kappa shape index (κ1) is 18.7. The summed E-state index contributed by atoms with van der Waals surface area (Å²) in [5, 5.41) is 4.78. The fourth-order valence-corrected chi connectivity index (χ4v) is 5.14. The van der Waals surface area contributed by atoms with E-state index in [1.54, 1.807) is 6.33 Å². The number of nitrogens with one attached hydrogen (secondary N) is 2. The van der Waals surface area contributed by atoms with Crippen molar-refractivity contribution in [3.05, 3.63) is 47.9 Å². The number of carbonyl (C=O) groups excluding carboxylic acids is 1. The normalized spacial score (nSPS) is 25.9. The van der Waals surface area contributed by atoms with E-state index in [2.05, 4.69) is 38.5 Å². The number of rotatable bonds is 4. The molecule has 7 heteroatoms. The van der Waals surface area contributed by atoms with Crippen LogP contribution in [0.1, 0.15) is 48.9 Å². The molecule has 1 aliphatic carbocycles. The number of piperidine rings is 1. The molecule has 2 aliphatic heterocycles. The molecule has 3 aliphatic rings. The van der Waals surface area contributed by atoms with Crippen LogP contribution in [0.25, 0.3) is 11.0 Å². The molecule has 1 amide bonds. The lowest BCUT2D eigenvalue weighted by Crippen LogP contribution is -2.43. The van der Waals surface area contributed by atoms with Gasteiger partial charge in [0, 0.05) is 37.2 Å². The van der Waals surface area contributed by atoms with E-state index in [9.17, 15) is 4.79 Å². The minimum Gasteiger partial charge on any atom is -0.493 e. The van der Waals surface area contributed by atoms with Gasteiger partial charge in [-0.3, -0.25) is 4.79 Å². The van der Waals surface area contributed by atoms with Gasteiger partial charge in [0.15, 0.2) is 0 Å². The predicted octanol–water partition coefficient (Wildman–Crippen LogP) is 3.87. The third kappa shape index (κ3) is 3.32. The number of amides is 1. The Morgan fingerprint density at radius 1 is 1.19 bits per heavy atom. The van der Waals surface area contributed by atoms with E-state index in [4.69, 9.17) is 4.74 Å². The number of hydrogen-bond donors (Lipinski definition) is 2. The van der Waals surface area contributed by atoms with Crippen LogP contribution in [-0.4, -0.2) is 46.0 Å². The molecule has 3 aromatic rings. The number of anilines is 1. The van der Waals surface area contributed by atoms with Crippen molar-refractivity contribution in [3.8, 4) is 5.75 Å². The van der Waals surface area contributed by atoms with Gasteiger partial charge in [-0.15, -0.1) is 0 Å². The molecule has 2 aromatic heterocycles. The van der Waals surface area contributed by atoms with Gasteiger partial charge in [0.05, 0.1) is 18.0 Å². The summed E-state index contributed by atoms with van der Waals surface area (Å²) in [6, 6.07) is 10.4. The Morgan fingerprint density at radius 3 is 2.90 bits per heavy atom. The number of nitrogens with zero attached hydrogens (tertiary/aromatic N) is 3. The van der Waals surface area contributed by atoms with Gasteiger partial charge in [0.2, 0.25) is 5.91 Å². The van der Waals surface area contributed by atoms with Gasteiger partial charge in [0.25, 0.3) is 0 Å². The second-order valence-electron chi connectivity index (χ2n) is 9.19. The van der Waals surface area contributed by atoms with E-state index in [0.717, 1.165) is 41.1 Å². The summed E-state index contributed by atoms with van der Waals surface area (Å²) in [5.41, 5.74) is 3.27. The van der Waals surface area contributed by atoms with Crippen LogP contribution in [0.3, 0.4) is 0 Å². The quantitative estimate of drug-likeness (QED) is 0.673. The molecule has 2 fully saturated rings. The standard InChI is InChI=1S/C24H27N5O2/c1-29-9-8-15(10-21(29)30)18-12-31-20-5-3-2-4-16(20)22(18)28-24-17-11-19(14-6-7-14)27-23(17)25-13-26-24/h2-5,11,13-15,18,22H,6-10,12H2,1H3,(H2,25,26,27,28). The second-order valence-corrected chi connectivity index (χ2v) is 9.19. The average molecular weight is 418 g/mol. The Hall–Kier alpha value is -3.09. The molecule has 2 N–H and O–H groups in total. The summed E-state index contributed by atoms with van der Waals surface area (Å²) in [6.07, 6.45) is 5.66. The van der Waals surface area contributed by atoms with Crippen molar-refractivity contribution >= 4 is 22.8 Å². The number of carbonyl (C=O) groups is 1. The van der Waals surface area contributed by atoms with E-state index in [-0.39, 0.29) is 23.8 Å². The molecule has 4 heterocycles. The number of aromatic amines is 1. The Bertz CT molecular complexity index is 1140. The van der Waals surface area contributed by atoms with Crippen LogP contribution >= 0.6 is 0 Å². The Labute approximate surface area is 181 Å². The SMILES string of the molecule is CN1CCC(C2COc3ccccc3C2Nc2ncnc3[nH]c(C4CC4)cc23)CC1=O. The van der Waals surface area contributed by atoms with Crippen molar-refractivity contribution in [2.24, 2.45) is 11.8 Å². The van der Waals surface area contributed by atoms with E-state index >= 15 is 0 Å². The third-order valence-electron chi connectivity index (χ3n) is 7.17. The van der Waals surface area contributed by atoms with Gasteiger partial charge in [-0.05, 0) is 43.2 Å². The van der Waals surface area contributed by atoms with E-state index < -0.39 is 0 Å². The summed E-state index contributed by atoms with van der Waals surface area (Å²) in [5.74, 6) is 3.08. The van der Waals surface area contributed by atoms with Crippen molar-refractivity contribution < 1.29 is 9.53 Å². The number of para-hydroxylation sites is 1. The van der Waals surface area contributed by atoms with Crippen molar-refractivity contribution in [3.63, 3.8) is 0 Å². The largest absolute Gasteiger partial charge is 0.493 e. The highest BCUT2D eigenvalue weighted by Gasteiger charge is 2.39. The molecule has 1 saturated heterocycles. The van der Waals surface area contributed by atoms with Crippen LogP contribution in [0.2, 0.25) is 0 Å². The first-order valence-corrected chi connectivity index (χ1v) is 11.2. The monoisotopic (exact) mass is 417 g/mol. The smallest absolute Gasteiger partial charge is 0.222 e. The third-order valence-corrected chi connectivity index (χ3v) is 7.17. The summed E-state index contributed by atoms with van der Waals surface area (Å²) in [6.45, 7) is 1.40. The lowest BCUT2D eigenvalue weighted by molar-refractivity contribution is -0.134. The van der Waals surface area contributed by atoms with Gasteiger partial charge < -0.3 is 19.9 Å². The number of benzene rings is 1. The second kappa shape index (κ2) is 7.25. The fraction of sp³-hybridized carbons (Fsp3) is 0.458. The molecule has 1 aromatic carbocycles. The summed E-state index contributed by atoms with van der Waals surface area (Å²) >= 11 is 0. The maximum absolute atomic E-state index is 12.4. The van der Waals surface area contributed by atoms with Crippen LogP contribution in [-0.2, 0) is 4.79 Å². The molecule has 3 atom stereocenters. The van der Waals surface area contributed by atoms with Gasteiger partial charge in [-0.2, -0.15) is 0 Å². The minimum absolute atomic E-state index is 0.0310. The van der Waals surface area contributed by atoms with Crippen LogP contribution in [0.5, 0.6) is 5.75 Å². The molecular weight excluding hydrogens is 390 g/mol. The highest BCUT2D eigenvalue weighted by atomic mass is 16.5. The lowest BCUT2D eigenvalue weighted by Gasteiger charge is -2.41. The number of ether oxygens (including phenoxy) is 1. The summed E-state index contributed by atoms with van der Waals surface area (Å²) < 4.78 is 6.15. The van der Waals surface area contributed by atoms with Crippen LogP contribution in [0.15, 0.2) is 36.7 Å². The van der Waals surface area contributed by atoms with Crippen LogP contribution in [0, 0.1) is 11.8 Å². The maximum atomic E-state index is 12.4. The van der Waals surface area contributed by atoms with Gasteiger partial charge in [-0.25, -0.2) is 9.97 Å². The molecular formula is C24H27N5O2. The summed E-state index contributed by atoms with van der Waals surface area (Å²) in [7, 11) is 1.89. The van der Waals surface area contributed by atoms with E-state index in [0.29, 0.717) is 18.9 Å². The summed E-state index contributed by atoms with van der Waals surface area (Å²) in [4.78, 5) is 26.8. The number of H-pyrrole nitrogens is 1. The molecule has 7 nitrogen and oxygen atoms in total. The Kier molecular flexibility index (Phi) is 4.37. The molecule has 6 rings (SSSR count). The lowest BCUT2D eigenvalue weighted by atomic mass is 9.76. The molecule has 0 radical (unpaired) electrons. The number of hydrogen-bond acceptors (Lipinski definition) is 5. The van der Waals surface area contributed by atoms with Gasteiger partial charge in [0.1, 0.15) is 23.5 Å². The maximum Gasteiger partial charge on any atom is 0.222 e. The van der Waals surface area contributed by atoms with Crippen LogP contribution in [0.4, 0.5) is 5.82 Å². The molecule has 160 valence electrons. The van der Waals surface area contributed by atoms with Gasteiger partial charge >= 0.3 is 0 Å². The van der Waals surface area contributed by atoms with Crippen LogP contribution < -0.4 is 10.1 Å². The molecule has 1 saturated carbocycles.